The van der Waals surface area contributed by atoms with Gasteiger partial charge in [-0.1, -0.05) is 25.7 Å². The molecule has 0 N–H and O–H groups in total. The van der Waals surface area contributed by atoms with Crippen LogP contribution in [0.25, 0.3) is 0 Å². The number of hydrogen-bond donors (Lipinski definition) is 0. The fourth-order valence-electron chi connectivity index (χ4n) is 3.41. The Morgan fingerprint density at radius 2 is 1.81 bits per heavy atom. The molecule has 1 saturated carbocycles. The van der Waals surface area contributed by atoms with Crippen molar-refractivity contribution < 1.29 is 8.42 Å². The van der Waals surface area contributed by atoms with Crippen molar-refractivity contribution in [2.24, 2.45) is 5.92 Å². The van der Waals surface area contributed by atoms with Gasteiger partial charge >= 0.3 is 0 Å². The third-order valence-corrected chi connectivity index (χ3v) is 7.10. The minimum Gasteiger partial charge on any atom is -0.213 e. The van der Waals surface area contributed by atoms with E-state index in [2.05, 4.69) is 10.2 Å². The Balaban J connectivity index is 1.57. The summed E-state index contributed by atoms with van der Waals surface area (Å²) >= 11 is 1.74. The van der Waals surface area contributed by atoms with E-state index >= 15 is 0 Å². The summed E-state index contributed by atoms with van der Waals surface area (Å²) in [6, 6.07) is 0. The van der Waals surface area contributed by atoms with Gasteiger partial charge in [0.15, 0.2) is 0 Å². The maximum Gasteiger partial charge on any atom is 0.211 e. The lowest BCUT2D eigenvalue weighted by Crippen LogP contribution is -2.37. The summed E-state index contributed by atoms with van der Waals surface area (Å²) in [6.07, 6.45) is 9.50. The Morgan fingerprint density at radius 1 is 1.14 bits per heavy atom. The molecule has 0 radical (unpaired) electrons. The smallest absolute Gasteiger partial charge is 0.211 e. The summed E-state index contributed by atoms with van der Waals surface area (Å²) < 4.78 is 24.6. The fourth-order valence-corrected chi connectivity index (χ4v) is 5.41. The summed E-state index contributed by atoms with van der Waals surface area (Å²) in [4.78, 5) is 0. The Morgan fingerprint density at radius 3 is 2.43 bits per heavy atom. The van der Waals surface area contributed by atoms with Gasteiger partial charge in [-0.3, -0.25) is 0 Å². The molecule has 21 heavy (non-hydrogen) atoms. The van der Waals surface area contributed by atoms with Crippen LogP contribution < -0.4 is 0 Å². The van der Waals surface area contributed by atoms with Crippen LogP contribution in [0.1, 0.15) is 54.5 Å². The molecule has 1 aliphatic heterocycles. The number of rotatable bonds is 4. The highest BCUT2D eigenvalue weighted by atomic mass is 32.2. The maximum absolute atomic E-state index is 11.5. The van der Waals surface area contributed by atoms with Crippen LogP contribution in [0.3, 0.4) is 0 Å². The highest BCUT2D eigenvalue weighted by molar-refractivity contribution is 7.88. The monoisotopic (exact) mass is 329 g/mol. The lowest BCUT2D eigenvalue weighted by molar-refractivity contribution is 0.320. The van der Waals surface area contributed by atoms with Gasteiger partial charge in [-0.2, -0.15) is 0 Å². The number of sulfonamides is 1. The highest BCUT2D eigenvalue weighted by Gasteiger charge is 2.28. The fraction of sp³-hybridized carbons (Fsp3) is 0.857. The molecular weight excluding hydrogens is 306 g/mol. The Kier molecular flexibility index (Phi) is 4.61. The van der Waals surface area contributed by atoms with Crippen LogP contribution >= 0.6 is 11.3 Å². The summed E-state index contributed by atoms with van der Waals surface area (Å²) in [5, 5.41) is 11.0. The van der Waals surface area contributed by atoms with Crippen LogP contribution in [0.15, 0.2) is 0 Å². The van der Waals surface area contributed by atoms with Gasteiger partial charge in [0.1, 0.15) is 10.0 Å². The molecule has 0 bridgehead atoms. The van der Waals surface area contributed by atoms with E-state index in [0.717, 1.165) is 30.2 Å². The van der Waals surface area contributed by atoms with E-state index in [1.54, 1.807) is 15.6 Å². The Hall–Kier alpha value is -0.530. The quantitative estimate of drug-likeness (QED) is 0.851. The van der Waals surface area contributed by atoms with Crippen molar-refractivity contribution in [3.63, 3.8) is 0 Å². The second kappa shape index (κ2) is 6.30. The summed E-state index contributed by atoms with van der Waals surface area (Å²) in [5.74, 6) is 1.19. The first kappa shape index (κ1) is 15.4. The van der Waals surface area contributed by atoms with Crippen LogP contribution in [0, 0.1) is 5.92 Å². The zero-order chi connectivity index (χ0) is 14.9. The predicted octanol–water partition coefficient (Wildman–Crippen LogP) is 2.41. The number of nitrogens with zero attached hydrogens (tertiary/aromatic N) is 3. The van der Waals surface area contributed by atoms with Crippen LogP contribution in [0.4, 0.5) is 0 Å². The first-order valence-corrected chi connectivity index (χ1v) is 10.5. The van der Waals surface area contributed by atoms with Crippen LogP contribution in [-0.4, -0.2) is 42.3 Å². The van der Waals surface area contributed by atoms with E-state index in [-0.39, 0.29) is 0 Å². The number of hydrogen-bond acceptors (Lipinski definition) is 5. The van der Waals surface area contributed by atoms with Crippen molar-refractivity contribution in [3.05, 3.63) is 10.0 Å². The lowest BCUT2D eigenvalue weighted by Gasteiger charge is -2.28. The van der Waals surface area contributed by atoms with E-state index in [9.17, 15) is 8.42 Å². The number of aromatic nitrogens is 2. The molecule has 1 aliphatic carbocycles. The Labute approximate surface area is 130 Å². The molecule has 7 heteroatoms. The zero-order valence-corrected chi connectivity index (χ0v) is 14.1. The van der Waals surface area contributed by atoms with Crippen molar-refractivity contribution in [1.29, 1.82) is 0 Å². The van der Waals surface area contributed by atoms with Crippen molar-refractivity contribution in [1.82, 2.24) is 14.5 Å². The third-order valence-electron chi connectivity index (χ3n) is 4.69. The zero-order valence-electron chi connectivity index (χ0n) is 12.5. The molecular formula is C14H23N3O2S2. The van der Waals surface area contributed by atoms with Gasteiger partial charge in [0.25, 0.3) is 0 Å². The summed E-state index contributed by atoms with van der Waals surface area (Å²) in [6.45, 7) is 1.22. The molecule has 1 aromatic rings. The van der Waals surface area contributed by atoms with Crippen LogP contribution in [0.2, 0.25) is 0 Å². The molecule has 0 aromatic carbocycles. The van der Waals surface area contributed by atoms with Crippen LogP contribution in [-0.2, 0) is 16.4 Å². The van der Waals surface area contributed by atoms with Gasteiger partial charge in [0.2, 0.25) is 10.0 Å². The van der Waals surface area contributed by atoms with E-state index in [4.69, 9.17) is 0 Å². The van der Waals surface area contributed by atoms with Gasteiger partial charge in [-0.25, -0.2) is 12.7 Å². The van der Waals surface area contributed by atoms with E-state index in [0.29, 0.717) is 19.0 Å². The highest BCUT2D eigenvalue weighted by Crippen LogP contribution is 2.33. The van der Waals surface area contributed by atoms with Gasteiger partial charge in [-0.15, -0.1) is 21.5 Å². The van der Waals surface area contributed by atoms with Gasteiger partial charge in [0.05, 0.1) is 6.26 Å². The molecule has 1 saturated heterocycles. The van der Waals surface area contributed by atoms with Crippen molar-refractivity contribution in [2.75, 3.05) is 19.3 Å². The average molecular weight is 329 g/mol. The minimum absolute atomic E-state index is 0.387. The minimum atomic E-state index is -3.04. The first-order chi connectivity index (χ1) is 10.0. The average Bonchev–Trinajstić information content (AvgIpc) is 3.10. The molecule has 118 valence electrons. The first-order valence-electron chi connectivity index (χ1n) is 7.80. The Bertz CT molecular complexity index is 571. The molecule has 0 amide bonds. The summed E-state index contributed by atoms with van der Waals surface area (Å²) in [7, 11) is -3.04. The van der Waals surface area contributed by atoms with Gasteiger partial charge < -0.3 is 0 Å². The molecule has 0 spiro atoms. The normalized spacial score (nSPS) is 22.9. The molecule has 2 heterocycles. The summed E-state index contributed by atoms with van der Waals surface area (Å²) in [5.41, 5.74) is 0. The van der Waals surface area contributed by atoms with Gasteiger partial charge in [0, 0.05) is 25.4 Å². The SMILES string of the molecule is CS(=O)(=O)N1CCC(c2nnc(CC3CCCC3)s2)CC1. The van der Waals surface area contributed by atoms with Crippen molar-refractivity contribution in [2.45, 2.75) is 50.9 Å². The standard InChI is InChI=1S/C14H23N3O2S2/c1-21(18,19)17-8-6-12(7-9-17)14-16-15-13(20-14)10-11-4-2-3-5-11/h11-12H,2-10H2,1H3. The molecule has 1 aromatic heterocycles. The van der Waals surface area contributed by atoms with E-state index in [1.165, 1.54) is 36.9 Å². The van der Waals surface area contributed by atoms with E-state index in [1.807, 2.05) is 0 Å². The maximum atomic E-state index is 11.5. The molecule has 0 atom stereocenters. The van der Waals surface area contributed by atoms with Gasteiger partial charge in [-0.05, 0) is 18.8 Å². The lowest BCUT2D eigenvalue weighted by atomic mass is 9.99. The number of piperidine rings is 1. The molecule has 5 nitrogen and oxygen atoms in total. The topological polar surface area (TPSA) is 63.2 Å². The van der Waals surface area contributed by atoms with Crippen LogP contribution in [0.5, 0.6) is 0 Å². The van der Waals surface area contributed by atoms with Crippen molar-refractivity contribution >= 4 is 21.4 Å². The van der Waals surface area contributed by atoms with Crippen molar-refractivity contribution in [3.8, 4) is 0 Å². The molecule has 2 aliphatic rings. The molecule has 2 fully saturated rings. The largest absolute Gasteiger partial charge is 0.213 e. The predicted molar refractivity (Wildman–Crippen MR) is 84.0 cm³/mol. The van der Waals surface area contributed by atoms with E-state index < -0.39 is 10.0 Å². The molecule has 3 rings (SSSR count). The molecule has 0 unspecified atom stereocenters. The third kappa shape index (κ3) is 3.81. The second-order valence-electron chi connectivity index (χ2n) is 6.32. The second-order valence-corrected chi connectivity index (χ2v) is 9.40.